The molecule has 2 N–H and O–H groups in total. The lowest BCUT2D eigenvalue weighted by Crippen LogP contribution is -2.09. The van der Waals surface area contributed by atoms with Crippen molar-refractivity contribution in [1.29, 1.82) is 0 Å². The summed E-state index contributed by atoms with van der Waals surface area (Å²) >= 11 is 0. The monoisotopic (exact) mass is 871 g/mol. The average Bonchev–Trinajstić information content (AvgIpc) is 3.12. The third-order valence-corrected chi connectivity index (χ3v) is 7.15. The number of esters is 2. The van der Waals surface area contributed by atoms with Crippen molar-refractivity contribution in [2.24, 2.45) is 11.8 Å². The number of rotatable bonds is 16. The highest BCUT2D eigenvalue weighted by Gasteiger charge is 2.06. The minimum atomic E-state index is -0.209. The van der Waals surface area contributed by atoms with E-state index in [0.717, 1.165) is 43.4 Å². The van der Waals surface area contributed by atoms with Gasteiger partial charge < -0.3 is 29.2 Å². The number of benzene rings is 3. The molecule has 0 saturated heterocycles. The van der Waals surface area contributed by atoms with Crippen molar-refractivity contribution in [2.45, 2.75) is 187 Å². The zero-order valence-corrected chi connectivity index (χ0v) is 34.0. The summed E-state index contributed by atoms with van der Waals surface area (Å²) in [5.74, 6) is 1.94. The van der Waals surface area contributed by atoms with E-state index in [1.807, 2.05) is 33.8 Å². The molecule has 0 heterocycles. The van der Waals surface area contributed by atoms with Gasteiger partial charge in [0.15, 0.2) is 6.29 Å². The first kappa shape index (κ1) is 84.6. The molecule has 0 amide bonds. The van der Waals surface area contributed by atoms with Gasteiger partial charge in [0.1, 0.15) is 11.5 Å². The second-order valence-electron chi connectivity index (χ2n) is 13.0. The molecule has 3 rings (SSSR count). The zero-order chi connectivity index (χ0) is 39.7. The molecule has 0 spiro atoms. The number of phenolic OH excluding ortho intramolecular Hbond substituents is 2. The van der Waals surface area contributed by atoms with Gasteiger partial charge in [-0.05, 0) is 98.2 Å². The number of methoxy groups -OCH3 is 1. The number of carbonyl (C=O) groups is 2. The largest absolute Gasteiger partial charge is 0.508 e. The van der Waals surface area contributed by atoms with Gasteiger partial charge in [-0.2, -0.15) is 0 Å². The maximum absolute atomic E-state index is 11.5. The molecule has 0 saturated carbocycles. The second kappa shape index (κ2) is 56.1. The van der Waals surface area contributed by atoms with E-state index < -0.39 is 0 Å². The lowest BCUT2D eigenvalue weighted by molar-refractivity contribution is -0.143. The van der Waals surface area contributed by atoms with Crippen LogP contribution in [0, 0.1) is 11.8 Å². The molecule has 0 bridgehead atoms. The van der Waals surface area contributed by atoms with Crippen LogP contribution in [0.15, 0.2) is 78.9 Å². The van der Waals surface area contributed by atoms with Crippen molar-refractivity contribution in [3.8, 4) is 11.5 Å². The molecule has 0 radical (unpaired) electrons. The van der Waals surface area contributed by atoms with Gasteiger partial charge in [0, 0.05) is 13.7 Å². The Hall–Kier alpha value is -3.88. The molecule has 3 aromatic carbocycles. The normalized spacial score (nSPS) is 9.08. The van der Waals surface area contributed by atoms with Crippen LogP contribution in [-0.2, 0) is 41.4 Å². The molecule has 0 aromatic heterocycles. The van der Waals surface area contributed by atoms with Gasteiger partial charge in [-0.3, -0.25) is 9.59 Å². The van der Waals surface area contributed by atoms with Crippen LogP contribution in [0.25, 0.3) is 0 Å². The van der Waals surface area contributed by atoms with E-state index >= 15 is 0 Å². The summed E-state index contributed by atoms with van der Waals surface area (Å²) in [6.45, 7) is 22.5. The third kappa shape index (κ3) is 54.1. The predicted molar refractivity (Wildman–Crippen MR) is 274 cm³/mol. The van der Waals surface area contributed by atoms with E-state index in [0.29, 0.717) is 31.0 Å². The highest BCUT2D eigenvalue weighted by atomic mass is 16.7. The second-order valence-corrected chi connectivity index (χ2v) is 13.0. The van der Waals surface area contributed by atoms with Crippen LogP contribution in [0.1, 0.15) is 184 Å². The van der Waals surface area contributed by atoms with E-state index in [-0.39, 0.29) is 109 Å². The molecule has 0 fully saturated rings. The third-order valence-electron chi connectivity index (χ3n) is 7.15. The van der Waals surface area contributed by atoms with Crippen LogP contribution in [0.4, 0.5) is 0 Å². The van der Waals surface area contributed by atoms with Crippen molar-refractivity contribution in [1.82, 2.24) is 0 Å². The van der Waals surface area contributed by atoms with Gasteiger partial charge in [-0.25, -0.2) is 0 Å². The van der Waals surface area contributed by atoms with Crippen LogP contribution in [-0.4, -0.2) is 55.4 Å². The fourth-order valence-electron chi connectivity index (χ4n) is 4.16. The van der Waals surface area contributed by atoms with Gasteiger partial charge in [0.2, 0.25) is 0 Å². The maximum Gasteiger partial charge on any atom is 0.310 e. The lowest BCUT2D eigenvalue weighted by Gasteiger charge is -2.06. The number of hydrogen-bond donors (Lipinski definition) is 2. The molecule has 0 aliphatic carbocycles. The van der Waals surface area contributed by atoms with Gasteiger partial charge in [-0.1, -0.05) is 177 Å². The van der Waals surface area contributed by atoms with Gasteiger partial charge in [-0.15, -0.1) is 0 Å². The van der Waals surface area contributed by atoms with E-state index in [4.69, 9.17) is 29.2 Å². The smallest absolute Gasteiger partial charge is 0.310 e. The molecule has 0 aliphatic rings. The first-order chi connectivity index (χ1) is 24.8. The Morgan fingerprint density at radius 2 is 0.869 bits per heavy atom. The number of aromatic hydroxyl groups is 2. The Morgan fingerprint density at radius 1 is 0.541 bits per heavy atom. The summed E-state index contributed by atoms with van der Waals surface area (Å²) < 4.78 is 20.0. The van der Waals surface area contributed by atoms with E-state index in [2.05, 4.69) is 65.8 Å². The number of hydrogen-bond acceptors (Lipinski definition) is 8. The van der Waals surface area contributed by atoms with Crippen LogP contribution < -0.4 is 0 Å². The highest BCUT2D eigenvalue weighted by molar-refractivity contribution is 5.73. The summed E-state index contributed by atoms with van der Waals surface area (Å²) in [6.07, 6.45) is 4.46. The Bertz CT molecular complexity index is 1170. The average molecular weight is 871 g/mol. The number of ether oxygens (including phenoxy) is 4. The van der Waals surface area contributed by atoms with Gasteiger partial charge >= 0.3 is 11.9 Å². The molecular formula is C53H106O8. The first-order valence-corrected chi connectivity index (χ1v) is 18.8. The zero-order valence-electron chi connectivity index (χ0n) is 34.0. The fourth-order valence-corrected chi connectivity index (χ4v) is 4.16. The molecule has 8 heteroatoms. The predicted octanol–water partition coefficient (Wildman–Crippen LogP) is 16.4. The summed E-state index contributed by atoms with van der Waals surface area (Å²) in [6, 6.07) is 23.7. The number of phenols is 2. The Morgan fingerprint density at radius 3 is 1.10 bits per heavy atom. The van der Waals surface area contributed by atoms with Crippen molar-refractivity contribution in [3.63, 3.8) is 0 Å². The molecular weight excluding hydrogens is 765 g/mol. The first-order valence-electron chi connectivity index (χ1n) is 18.8. The van der Waals surface area contributed by atoms with Crippen LogP contribution in [0.3, 0.4) is 0 Å². The topological polar surface area (TPSA) is 112 Å². The highest BCUT2D eigenvalue weighted by Crippen LogP contribution is 2.13. The standard InChI is InChI=1S/2C14H20O3.C9H12.C5H12O2.C2H6.9CH4/c2*1-11(2)4-3-9-17-14(16)10-12-5-7-13(15)8-6-12;1-8(2)9-6-4-3-5-7-9;1-4-7-5(2)6-3;1-2;;;;;;;;;/h2*5-8,11,15H,3-4,9-10H2,1-2H3;3-8H,1-2H3;5H,4H2,1-3H3;1-2H3;9*1H4. The van der Waals surface area contributed by atoms with Gasteiger partial charge in [0.25, 0.3) is 0 Å². The summed E-state index contributed by atoms with van der Waals surface area (Å²) in [5.41, 5.74) is 3.13. The van der Waals surface area contributed by atoms with E-state index in [1.54, 1.807) is 55.6 Å². The Balaban J connectivity index is -0.0000000597. The molecule has 61 heavy (non-hydrogen) atoms. The molecule has 8 nitrogen and oxygen atoms in total. The Kier molecular flexibility index (Phi) is 77.8. The summed E-state index contributed by atoms with van der Waals surface area (Å²) in [4.78, 5) is 22.9. The number of carbonyl (C=O) groups excluding carboxylic acids is 2. The summed E-state index contributed by atoms with van der Waals surface area (Å²) in [5, 5.41) is 18.2. The molecule has 1 unspecified atom stereocenters. The van der Waals surface area contributed by atoms with E-state index in [9.17, 15) is 9.59 Å². The van der Waals surface area contributed by atoms with Crippen LogP contribution >= 0.6 is 0 Å². The lowest BCUT2D eigenvalue weighted by atomic mass is 10.0. The molecule has 3 aromatic rings. The fraction of sp³-hybridized carbons (Fsp3) is 0.623. The van der Waals surface area contributed by atoms with Crippen LogP contribution in [0.5, 0.6) is 11.5 Å². The molecule has 366 valence electrons. The van der Waals surface area contributed by atoms with Crippen molar-refractivity contribution < 1.29 is 38.7 Å². The minimum Gasteiger partial charge on any atom is -0.508 e. The summed E-state index contributed by atoms with van der Waals surface area (Å²) in [7, 11) is 1.63. The maximum atomic E-state index is 11.5. The van der Waals surface area contributed by atoms with Crippen molar-refractivity contribution in [3.05, 3.63) is 95.6 Å². The molecule has 1 atom stereocenters. The minimum absolute atomic E-state index is 0. The van der Waals surface area contributed by atoms with Crippen LogP contribution in [0.2, 0.25) is 0 Å². The SMILES string of the molecule is C.C.C.C.C.C.C.C.C.CC.CC(C)CCCOC(=O)Cc1ccc(O)cc1.CC(C)CCCOC(=O)Cc1ccc(O)cc1.CC(C)c1ccccc1.CCOC(C)OC. The van der Waals surface area contributed by atoms with E-state index in [1.165, 1.54) is 5.56 Å². The quantitative estimate of drug-likeness (QED) is 0.0832. The van der Waals surface area contributed by atoms with Crippen molar-refractivity contribution in [2.75, 3.05) is 26.9 Å². The van der Waals surface area contributed by atoms with Crippen molar-refractivity contribution >= 4 is 11.9 Å². The Labute approximate surface area is 382 Å². The molecule has 0 aliphatic heterocycles. The van der Waals surface area contributed by atoms with Gasteiger partial charge in [0.05, 0.1) is 26.1 Å².